The molecule has 3 rings (SSSR count). The van der Waals surface area contributed by atoms with Gasteiger partial charge in [-0.05, 0) is 61.3 Å². The van der Waals surface area contributed by atoms with Crippen molar-refractivity contribution < 1.29 is 8.42 Å². The topological polar surface area (TPSA) is 58.2 Å². The number of hydrogen-bond donors (Lipinski definition) is 2. The molecule has 1 aromatic rings. The van der Waals surface area contributed by atoms with E-state index in [1.54, 1.807) is 6.07 Å². The van der Waals surface area contributed by atoms with Crippen LogP contribution in [0.5, 0.6) is 0 Å². The fourth-order valence-corrected chi connectivity index (χ4v) is 3.99. The van der Waals surface area contributed by atoms with E-state index in [1.807, 2.05) is 12.1 Å². The summed E-state index contributed by atoms with van der Waals surface area (Å²) in [6.45, 7) is 3.67. The van der Waals surface area contributed by atoms with Crippen LogP contribution in [0.3, 0.4) is 0 Å². The molecule has 0 saturated heterocycles. The van der Waals surface area contributed by atoms with Crippen LogP contribution < -0.4 is 10.0 Å². The molecule has 0 amide bonds. The number of benzene rings is 1. The Kier molecular flexibility index (Phi) is 3.50. The second-order valence-corrected chi connectivity index (χ2v) is 7.79. The van der Waals surface area contributed by atoms with Crippen LogP contribution in [0.2, 0.25) is 0 Å². The first-order valence-electron chi connectivity index (χ1n) is 7.41. The molecule has 1 fully saturated rings. The predicted octanol–water partition coefficient (Wildman–Crippen LogP) is 2.51. The summed E-state index contributed by atoms with van der Waals surface area (Å²) < 4.78 is 27.5. The third-order valence-electron chi connectivity index (χ3n) is 4.67. The minimum Gasteiger partial charge on any atom is -0.385 e. The van der Waals surface area contributed by atoms with Crippen LogP contribution in [-0.4, -0.2) is 21.5 Å². The standard InChI is InChI=1S/C15H22N2O2S/c1-2-15(7-8-15)11-17-20(18,19)13-5-6-14-12(10-13)4-3-9-16-14/h5-6,10,16-17H,2-4,7-9,11H2,1H3. The molecule has 0 unspecified atom stereocenters. The Morgan fingerprint density at radius 1 is 1.35 bits per heavy atom. The van der Waals surface area contributed by atoms with Gasteiger partial charge in [0.25, 0.3) is 0 Å². The maximum atomic E-state index is 12.4. The van der Waals surface area contributed by atoms with Gasteiger partial charge in [0, 0.05) is 18.8 Å². The Morgan fingerprint density at radius 2 is 2.15 bits per heavy atom. The Balaban J connectivity index is 1.77. The second kappa shape index (κ2) is 5.04. The summed E-state index contributed by atoms with van der Waals surface area (Å²) in [5, 5.41) is 3.30. The van der Waals surface area contributed by atoms with Gasteiger partial charge in [-0.3, -0.25) is 0 Å². The zero-order valence-corrected chi connectivity index (χ0v) is 12.7. The average Bonchev–Trinajstić information content (AvgIpc) is 3.25. The lowest BCUT2D eigenvalue weighted by atomic mass is 10.0. The van der Waals surface area contributed by atoms with Crippen molar-refractivity contribution in [3.8, 4) is 0 Å². The van der Waals surface area contributed by atoms with Gasteiger partial charge in [0.15, 0.2) is 0 Å². The maximum Gasteiger partial charge on any atom is 0.240 e. The third-order valence-corrected chi connectivity index (χ3v) is 6.07. The molecule has 0 radical (unpaired) electrons. The highest BCUT2D eigenvalue weighted by Crippen LogP contribution is 2.48. The number of fused-ring (bicyclic) bond motifs is 1. The molecule has 1 aromatic carbocycles. The van der Waals surface area contributed by atoms with Gasteiger partial charge in [-0.25, -0.2) is 13.1 Å². The van der Waals surface area contributed by atoms with Crippen LogP contribution >= 0.6 is 0 Å². The van der Waals surface area contributed by atoms with Gasteiger partial charge in [-0.15, -0.1) is 0 Å². The van der Waals surface area contributed by atoms with E-state index < -0.39 is 10.0 Å². The van der Waals surface area contributed by atoms with E-state index in [-0.39, 0.29) is 5.41 Å². The molecular formula is C15H22N2O2S. The number of aryl methyl sites for hydroxylation is 1. The SMILES string of the molecule is CCC1(CNS(=O)(=O)c2ccc3c(c2)CCCN3)CC1. The lowest BCUT2D eigenvalue weighted by molar-refractivity contribution is 0.475. The number of rotatable bonds is 5. The molecule has 0 atom stereocenters. The second-order valence-electron chi connectivity index (χ2n) is 6.03. The van der Waals surface area contributed by atoms with E-state index in [1.165, 1.54) is 0 Å². The monoisotopic (exact) mass is 294 g/mol. The van der Waals surface area contributed by atoms with E-state index in [9.17, 15) is 8.42 Å². The summed E-state index contributed by atoms with van der Waals surface area (Å²) in [6, 6.07) is 5.40. The van der Waals surface area contributed by atoms with Crippen LogP contribution in [0, 0.1) is 5.41 Å². The van der Waals surface area contributed by atoms with Crippen LogP contribution in [0.15, 0.2) is 23.1 Å². The van der Waals surface area contributed by atoms with Crippen molar-refractivity contribution >= 4 is 15.7 Å². The van der Waals surface area contributed by atoms with Crippen LogP contribution in [0.4, 0.5) is 5.69 Å². The smallest absolute Gasteiger partial charge is 0.240 e. The Hall–Kier alpha value is -1.07. The third kappa shape index (κ3) is 2.69. The molecule has 4 nitrogen and oxygen atoms in total. The fourth-order valence-electron chi connectivity index (χ4n) is 2.78. The number of anilines is 1. The summed E-state index contributed by atoms with van der Waals surface area (Å²) in [4.78, 5) is 0.395. The summed E-state index contributed by atoms with van der Waals surface area (Å²) in [6.07, 6.45) is 5.33. The molecule has 1 aliphatic heterocycles. The van der Waals surface area contributed by atoms with Gasteiger partial charge in [-0.1, -0.05) is 6.92 Å². The van der Waals surface area contributed by atoms with Crippen LogP contribution in [0.25, 0.3) is 0 Å². The highest BCUT2D eigenvalue weighted by atomic mass is 32.2. The first-order chi connectivity index (χ1) is 9.55. The van der Waals surface area contributed by atoms with E-state index in [2.05, 4.69) is 17.0 Å². The van der Waals surface area contributed by atoms with Gasteiger partial charge < -0.3 is 5.32 Å². The van der Waals surface area contributed by atoms with Crippen molar-refractivity contribution in [1.82, 2.24) is 4.72 Å². The van der Waals surface area contributed by atoms with E-state index in [4.69, 9.17) is 0 Å². The van der Waals surface area contributed by atoms with Crippen molar-refractivity contribution in [2.24, 2.45) is 5.41 Å². The highest BCUT2D eigenvalue weighted by Gasteiger charge is 2.41. The summed E-state index contributed by atoms with van der Waals surface area (Å²) in [5.74, 6) is 0. The van der Waals surface area contributed by atoms with Crippen molar-refractivity contribution in [2.45, 2.75) is 43.9 Å². The lowest BCUT2D eigenvalue weighted by Gasteiger charge is -2.19. The van der Waals surface area contributed by atoms with Gasteiger partial charge >= 0.3 is 0 Å². The molecule has 1 aliphatic carbocycles. The summed E-state index contributed by atoms with van der Waals surface area (Å²) >= 11 is 0. The molecule has 110 valence electrons. The molecule has 20 heavy (non-hydrogen) atoms. The van der Waals surface area contributed by atoms with Gasteiger partial charge in [0.1, 0.15) is 0 Å². The molecule has 2 N–H and O–H groups in total. The fraction of sp³-hybridized carbons (Fsp3) is 0.600. The zero-order chi connectivity index (χ0) is 14.2. The Bertz CT molecular complexity index is 606. The lowest BCUT2D eigenvalue weighted by Crippen LogP contribution is -2.30. The summed E-state index contributed by atoms with van der Waals surface area (Å²) in [5.41, 5.74) is 2.40. The predicted molar refractivity (Wildman–Crippen MR) is 80.4 cm³/mol. The molecule has 5 heteroatoms. The van der Waals surface area contributed by atoms with Gasteiger partial charge in [-0.2, -0.15) is 0 Å². The number of sulfonamides is 1. The normalized spacial score (nSPS) is 20.1. The van der Waals surface area contributed by atoms with Crippen molar-refractivity contribution in [3.05, 3.63) is 23.8 Å². The van der Waals surface area contributed by atoms with E-state index in [0.29, 0.717) is 11.4 Å². The highest BCUT2D eigenvalue weighted by molar-refractivity contribution is 7.89. The van der Waals surface area contributed by atoms with Crippen molar-refractivity contribution in [2.75, 3.05) is 18.4 Å². The first-order valence-corrected chi connectivity index (χ1v) is 8.89. The molecule has 1 saturated carbocycles. The van der Waals surface area contributed by atoms with Crippen molar-refractivity contribution in [3.63, 3.8) is 0 Å². The molecular weight excluding hydrogens is 272 g/mol. The Labute approximate surface area is 121 Å². The van der Waals surface area contributed by atoms with E-state index in [0.717, 1.165) is 49.9 Å². The van der Waals surface area contributed by atoms with Gasteiger partial charge in [0.2, 0.25) is 10.0 Å². The van der Waals surface area contributed by atoms with Crippen LogP contribution in [-0.2, 0) is 16.4 Å². The minimum atomic E-state index is -3.37. The largest absolute Gasteiger partial charge is 0.385 e. The zero-order valence-electron chi connectivity index (χ0n) is 11.9. The average molecular weight is 294 g/mol. The summed E-state index contributed by atoms with van der Waals surface area (Å²) in [7, 11) is -3.37. The molecule has 0 aromatic heterocycles. The molecule has 2 aliphatic rings. The minimum absolute atomic E-state index is 0.225. The molecule has 1 heterocycles. The number of nitrogens with one attached hydrogen (secondary N) is 2. The quantitative estimate of drug-likeness (QED) is 0.877. The number of hydrogen-bond acceptors (Lipinski definition) is 3. The van der Waals surface area contributed by atoms with Gasteiger partial charge in [0.05, 0.1) is 4.90 Å². The molecule has 0 bridgehead atoms. The Morgan fingerprint density at radius 3 is 2.85 bits per heavy atom. The first kappa shape index (κ1) is 13.9. The van der Waals surface area contributed by atoms with Crippen LogP contribution in [0.1, 0.15) is 38.2 Å². The van der Waals surface area contributed by atoms with Crippen molar-refractivity contribution in [1.29, 1.82) is 0 Å². The maximum absolute atomic E-state index is 12.4. The van der Waals surface area contributed by atoms with E-state index >= 15 is 0 Å². The molecule has 0 spiro atoms.